The van der Waals surface area contributed by atoms with Gasteiger partial charge < -0.3 is 5.32 Å². The molecule has 1 aromatic heterocycles. The lowest BCUT2D eigenvalue weighted by Gasteiger charge is -2.19. The minimum atomic E-state index is -0.206. The molecule has 0 bridgehead atoms. The first kappa shape index (κ1) is 15.4. The molecule has 0 amide bonds. The fourth-order valence-electron chi connectivity index (χ4n) is 2.54. The molecule has 0 saturated heterocycles. The first-order chi connectivity index (χ1) is 9.93. The van der Waals surface area contributed by atoms with Crippen molar-refractivity contribution < 1.29 is 4.39 Å². The Bertz CT molecular complexity index is 653. The van der Waals surface area contributed by atoms with Gasteiger partial charge in [-0.2, -0.15) is 5.10 Å². The maximum atomic E-state index is 13.2. The van der Waals surface area contributed by atoms with Crippen molar-refractivity contribution in [2.24, 2.45) is 0 Å². The fourth-order valence-corrected chi connectivity index (χ4v) is 2.54. The highest BCUT2D eigenvalue weighted by atomic mass is 19.1. The molecule has 1 aromatic carbocycles. The van der Waals surface area contributed by atoms with Gasteiger partial charge in [-0.1, -0.05) is 13.0 Å². The van der Waals surface area contributed by atoms with E-state index in [1.165, 1.54) is 11.6 Å². The Balaban J connectivity index is 2.27. The van der Waals surface area contributed by atoms with Crippen LogP contribution in [0, 0.1) is 26.6 Å². The van der Waals surface area contributed by atoms with Crippen molar-refractivity contribution in [2.75, 3.05) is 5.32 Å². The molecule has 21 heavy (non-hydrogen) atoms. The lowest BCUT2D eigenvalue weighted by Crippen LogP contribution is -2.13. The highest BCUT2D eigenvalue weighted by Gasteiger charge is 2.13. The Morgan fingerprint density at radius 2 is 1.86 bits per heavy atom. The van der Waals surface area contributed by atoms with E-state index in [0.717, 1.165) is 34.6 Å². The Kier molecular flexibility index (Phi) is 4.56. The van der Waals surface area contributed by atoms with Crippen LogP contribution < -0.4 is 5.32 Å². The fraction of sp³-hybridized carbons (Fsp3) is 0.412. The molecule has 1 N–H and O–H groups in total. The average Bonchev–Trinajstić information content (AvgIpc) is 2.44. The molecule has 1 atom stereocenters. The third-order valence-electron chi connectivity index (χ3n) is 4.01. The first-order valence-corrected chi connectivity index (χ1v) is 7.29. The summed E-state index contributed by atoms with van der Waals surface area (Å²) in [5, 5.41) is 11.9. The van der Waals surface area contributed by atoms with Crippen molar-refractivity contribution in [1.82, 2.24) is 10.2 Å². The number of hydrogen-bond donors (Lipinski definition) is 1. The van der Waals surface area contributed by atoms with Crippen LogP contribution >= 0.6 is 0 Å². The molecule has 3 nitrogen and oxygen atoms in total. The van der Waals surface area contributed by atoms with Crippen molar-refractivity contribution in [2.45, 2.75) is 47.1 Å². The Hall–Kier alpha value is -1.97. The quantitative estimate of drug-likeness (QED) is 0.912. The number of halogens is 1. The van der Waals surface area contributed by atoms with Crippen LogP contribution in [-0.2, 0) is 6.42 Å². The van der Waals surface area contributed by atoms with E-state index in [-0.39, 0.29) is 11.9 Å². The highest BCUT2D eigenvalue weighted by molar-refractivity contribution is 5.49. The number of rotatable bonds is 4. The number of aryl methyl sites for hydroxylation is 2. The van der Waals surface area contributed by atoms with E-state index < -0.39 is 0 Å². The number of benzene rings is 1. The van der Waals surface area contributed by atoms with E-state index in [4.69, 9.17) is 0 Å². The summed E-state index contributed by atoms with van der Waals surface area (Å²) in [6, 6.07) is 4.91. The molecule has 0 aliphatic carbocycles. The minimum Gasteiger partial charge on any atom is -0.362 e. The predicted octanol–water partition coefficient (Wildman–Crippen LogP) is 4.28. The highest BCUT2D eigenvalue weighted by Crippen LogP contribution is 2.25. The molecule has 0 aliphatic rings. The lowest BCUT2D eigenvalue weighted by molar-refractivity contribution is 0.624. The summed E-state index contributed by atoms with van der Waals surface area (Å²) in [5.41, 5.74) is 5.33. The molecule has 0 saturated carbocycles. The van der Waals surface area contributed by atoms with Gasteiger partial charge in [-0.25, -0.2) is 4.39 Å². The monoisotopic (exact) mass is 287 g/mol. The third kappa shape index (κ3) is 3.20. The van der Waals surface area contributed by atoms with Crippen molar-refractivity contribution >= 4 is 5.82 Å². The van der Waals surface area contributed by atoms with Gasteiger partial charge in [0.1, 0.15) is 5.82 Å². The minimum absolute atomic E-state index is 0.0467. The molecule has 2 aromatic rings. The summed E-state index contributed by atoms with van der Waals surface area (Å²) in [6.07, 6.45) is 0.882. The number of anilines is 1. The molecule has 2 rings (SSSR count). The van der Waals surface area contributed by atoms with Gasteiger partial charge >= 0.3 is 0 Å². The largest absolute Gasteiger partial charge is 0.362 e. The molecule has 4 heteroatoms. The summed E-state index contributed by atoms with van der Waals surface area (Å²) in [4.78, 5) is 0. The maximum Gasteiger partial charge on any atom is 0.152 e. The van der Waals surface area contributed by atoms with Gasteiger partial charge in [-0.3, -0.25) is 0 Å². The molecular formula is C17H22FN3. The molecule has 112 valence electrons. The zero-order valence-electron chi connectivity index (χ0n) is 13.3. The average molecular weight is 287 g/mol. The Labute approximate surface area is 125 Å². The molecular weight excluding hydrogens is 265 g/mol. The van der Waals surface area contributed by atoms with E-state index >= 15 is 0 Å². The van der Waals surface area contributed by atoms with Crippen LogP contribution in [0.5, 0.6) is 0 Å². The van der Waals surface area contributed by atoms with Crippen LogP contribution in [0.4, 0.5) is 10.2 Å². The van der Waals surface area contributed by atoms with Gasteiger partial charge in [0.05, 0.1) is 11.7 Å². The topological polar surface area (TPSA) is 37.8 Å². The maximum absolute atomic E-state index is 13.2. The summed E-state index contributed by atoms with van der Waals surface area (Å²) >= 11 is 0. The van der Waals surface area contributed by atoms with Crippen LogP contribution in [0.2, 0.25) is 0 Å². The second kappa shape index (κ2) is 6.20. The van der Waals surface area contributed by atoms with E-state index in [0.29, 0.717) is 0 Å². The standard InChI is InChI=1S/C17H22FN3/c1-6-16-11(3)12(4)17(21-20-16)19-13(5)15-8-7-14(18)9-10(15)2/h7-9,13H,6H2,1-5H3,(H,19,21)/t13-/m1/s1. The molecule has 0 spiro atoms. The zero-order chi connectivity index (χ0) is 15.6. The molecule has 0 fully saturated rings. The summed E-state index contributed by atoms with van der Waals surface area (Å²) in [7, 11) is 0. The van der Waals surface area contributed by atoms with Crippen LogP contribution in [-0.4, -0.2) is 10.2 Å². The molecule has 0 radical (unpaired) electrons. The van der Waals surface area contributed by atoms with Gasteiger partial charge in [0.2, 0.25) is 0 Å². The number of aromatic nitrogens is 2. The Morgan fingerprint density at radius 1 is 1.14 bits per heavy atom. The normalized spacial score (nSPS) is 12.3. The summed E-state index contributed by atoms with van der Waals surface area (Å²) in [6.45, 7) is 10.2. The SMILES string of the molecule is CCc1nnc(N[C@H](C)c2ccc(F)cc2C)c(C)c1C. The van der Waals surface area contributed by atoms with Crippen LogP contribution in [0.3, 0.4) is 0 Å². The van der Waals surface area contributed by atoms with Crippen molar-refractivity contribution in [3.05, 3.63) is 52.0 Å². The molecule has 0 unspecified atom stereocenters. The zero-order valence-corrected chi connectivity index (χ0v) is 13.3. The van der Waals surface area contributed by atoms with Crippen LogP contribution in [0.25, 0.3) is 0 Å². The van der Waals surface area contributed by atoms with Crippen molar-refractivity contribution in [3.63, 3.8) is 0 Å². The van der Waals surface area contributed by atoms with E-state index in [1.54, 1.807) is 6.07 Å². The van der Waals surface area contributed by atoms with Gasteiger partial charge in [-0.05, 0) is 68.5 Å². The summed E-state index contributed by atoms with van der Waals surface area (Å²) in [5.74, 6) is 0.587. The summed E-state index contributed by atoms with van der Waals surface area (Å²) < 4.78 is 13.2. The van der Waals surface area contributed by atoms with E-state index in [9.17, 15) is 4.39 Å². The van der Waals surface area contributed by atoms with E-state index in [1.807, 2.05) is 19.9 Å². The molecule has 0 aliphatic heterocycles. The van der Waals surface area contributed by atoms with E-state index in [2.05, 4.69) is 36.3 Å². The van der Waals surface area contributed by atoms with Crippen molar-refractivity contribution in [3.8, 4) is 0 Å². The van der Waals surface area contributed by atoms with Crippen LogP contribution in [0.1, 0.15) is 47.8 Å². The second-order valence-corrected chi connectivity index (χ2v) is 5.47. The lowest BCUT2D eigenvalue weighted by atomic mass is 10.0. The number of hydrogen-bond acceptors (Lipinski definition) is 3. The second-order valence-electron chi connectivity index (χ2n) is 5.47. The van der Waals surface area contributed by atoms with Gasteiger partial charge in [0.25, 0.3) is 0 Å². The smallest absolute Gasteiger partial charge is 0.152 e. The van der Waals surface area contributed by atoms with Gasteiger partial charge in [0.15, 0.2) is 5.82 Å². The predicted molar refractivity (Wildman–Crippen MR) is 84.1 cm³/mol. The van der Waals surface area contributed by atoms with Gasteiger partial charge in [0, 0.05) is 0 Å². The number of nitrogens with one attached hydrogen (secondary N) is 1. The Morgan fingerprint density at radius 3 is 2.48 bits per heavy atom. The number of nitrogens with zero attached hydrogens (tertiary/aromatic N) is 2. The molecule has 1 heterocycles. The van der Waals surface area contributed by atoms with Gasteiger partial charge in [-0.15, -0.1) is 5.10 Å². The first-order valence-electron chi connectivity index (χ1n) is 7.29. The van der Waals surface area contributed by atoms with Crippen molar-refractivity contribution in [1.29, 1.82) is 0 Å². The third-order valence-corrected chi connectivity index (χ3v) is 4.01. The van der Waals surface area contributed by atoms with Crippen LogP contribution in [0.15, 0.2) is 18.2 Å².